The van der Waals surface area contributed by atoms with Crippen LogP contribution in [0.15, 0.2) is 90.1 Å². The van der Waals surface area contributed by atoms with Crippen LogP contribution in [0.2, 0.25) is 0 Å². The highest BCUT2D eigenvalue weighted by Crippen LogP contribution is 2.39. The molecule has 2 aromatic carbocycles. The highest BCUT2D eigenvalue weighted by atomic mass is 16.4. The zero-order chi connectivity index (χ0) is 25.2. The third-order valence-electron chi connectivity index (χ3n) is 5.13. The molecule has 0 saturated heterocycles. The summed E-state index contributed by atoms with van der Waals surface area (Å²) in [6.45, 7) is 1.96. The van der Waals surface area contributed by atoms with Gasteiger partial charge in [-0.15, -0.1) is 0 Å². The molecule has 180 valence electrons. The van der Waals surface area contributed by atoms with Crippen molar-refractivity contribution in [2.45, 2.75) is 6.42 Å². The first-order valence-electron chi connectivity index (χ1n) is 11.1. The van der Waals surface area contributed by atoms with E-state index in [-0.39, 0.29) is 0 Å². The van der Waals surface area contributed by atoms with E-state index in [4.69, 9.17) is 15.2 Å². The summed E-state index contributed by atoms with van der Waals surface area (Å²) in [6, 6.07) is 23.0. The minimum atomic E-state index is -1.26. The highest BCUT2D eigenvalue weighted by Gasteiger charge is 2.23. The second-order valence-corrected chi connectivity index (χ2v) is 8.01. The van der Waals surface area contributed by atoms with Crippen molar-refractivity contribution in [2.75, 3.05) is 32.1 Å². The van der Waals surface area contributed by atoms with Crippen molar-refractivity contribution in [3.8, 4) is 0 Å². The van der Waals surface area contributed by atoms with Crippen LogP contribution in [0.3, 0.4) is 0 Å². The Labute approximate surface area is 204 Å². The Morgan fingerprint density at radius 2 is 1.51 bits per heavy atom. The molecule has 1 aliphatic heterocycles. The van der Waals surface area contributed by atoms with E-state index in [1.165, 1.54) is 5.69 Å². The summed E-state index contributed by atoms with van der Waals surface area (Å²) in [6.07, 6.45) is 4.00. The van der Waals surface area contributed by atoms with Crippen LogP contribution in [-0.2, 0) is 9.59 Å². The van der Waals surface area contributed by atoms with E-state index in [2.05, 4.69) is 83.5 Å². The smallest absolute Gasteiger partial charge is 0.328 e. The number of hydrogen-bond acceptors (Lipinski definition) is 6. The number of carboxylic acids is 2. The number of nitrogens with zero attached hydrogens (tertiary/aromatic N) is 4. The van der Waals surface area contributed by atoms with E-state index < -0.39 is 11.9 Å². The van der Waals surface area contributed by atoms with Gasteiger partial charge < -0.3 is 20.0 Å². The third-order valence-corrected chi connectivity index (χ3v) is 5.13. The minimum Gasteiger partial charge on any atom is -0.478 e. The van der Waals surface area contributed by atoms with Gasteiger partial charge in [0, 0.05) is 36.0 Å². The fourth-order valence-electron chi connectivity index (χ4n) is 3.64. The lowest BCUT2D eigenvalue weighted by molar-refractivity contribution is -0.134. The number of benzene rings is 2. The molecule has 0 bridgehead atoms. The lowest BCUT2D eigenvalue weighted by Gasteiger charge is -2.26. The van der Waals surface area contributed by atoms with Gasteiger partial charge in [-0.3, -0.25) is 0 Å². The molecule has 1 aliphatic rings. The minimum absolute atomic E-state index is 0.558. The summed E-state index contributed by atoms with van der Waals surface area (Å²) in [5, 5.41) is 15.6. The molecule has 2 N–H and O–H groups in total. The number of aromatic nitrogens is 1. The molecule has 0 atom stereocenters. The van der Waals surface area contributed by atoms with Gasteiger partial charge in [-0.05, 0) is 45.3 Å². The Morgan fingerprint density at radius 3 is 2.17 bits per heavy atom. The molecule has 0 amide bonds. The fourth-order valence-corrected chi connectivity index (χ4v) is 3.64. The number of carboxylic acid groups (broad SMARTS) is 2. The molecule has 35 heavy (non-hydrogen) atoms. The SMILES string of the molecule is CN(C)CCCN1c2ccccc2C(c2ccccc2)=Nc2ncccc21.O=C(O)/C=C/C(=O)O. The number of aliphatic imine (C=N–C) groups is 1. The monoisotopic (exact) mass is 472 g/mol. The molecule has 3 aromatic rings. The number of pyridine rings is 1. The van der Waals surface area contributed by atoms with E-state index in [0.717, 1.165) is 47.9 Å². The van der Waals surface area contributed by atoms with Crippen molar-refractivity contribution in [1.29, 1.82) is 0 Å². The molecule has 0 saturated carbocycles. The zero-order valence-electron chi connectivity index (χ0n) is 19.7. The van der Waals surface area contributed by atoms with Gasteiger partial charge in [0.1, 0.15) is 0 Å². The molecule has 8 nitrogen and oxygen atoms in total. The zero-order valence-corrected chi connectivity index (χ0v) is 19.7. The number of hydrogen-bond donors (Lipinski definition) is 2. The average molecular weight is 473 g/mol. The molecule has 4 rings (SSSR count). The van der Waals surface area contributed by atoms with Crippen LogP contribution in [0.4, 0.5) is 17.2 Å². The molecule has 0 spiro atoms. The molecule has 0 radical (unpaired) electrons. The van der Waals surface area contributed by atoms with Gasteiger partial charge in [0.2, 0.25) is 0 Å². The van der Waals surface area contributed by atoms with Crippen molar-refractivity contribution in [3.05, 3.63) is 96.2 Å². The van der Waals surface area contributed by atoms with Gasteiger partial charge in [0.05, 0.1) is 17.1 Å². The average Bonchev–Trinajstić information content (AvgIpc) is 2.99. The number of anilines is 2. The van der Waals surface area contributed by atoms with Gasteiger partial charge >= 0.3 is 11.9 Å². The van der Waals surface area contributed by atoms with Gasteiger partial charge in [-0.2, -0.15) is 0 Å². The number of carbonyl (C=O) groups is 2. The van der Waals surface area contributed by atoms with Crippen molar-refractivity contribution >= 4 is 34.8 Å². The van der Waals surface area contributed by atoms with Crippen LogP contribution in [0, 0.1) is 0 Å². The number of para-hydroxylation sites is 1. The van der Waals surface area contributed by atoms with Crippen LogP contribution >= 0.6 is 0 Å². The Hall–Kier alpha value is -4.30. The first-order chi connectivity index (χ1) is 16.9. The van der Waals surface area contributed by atoms with Gasteiger partial charge in [0.25, 0.3) is 0 Å². The van der Waals surface area contributed by atoms with Crippen molar-refractivity contribution < 1.29 is 19.8 Å². The number of aliphatic carboxylic acids is 2. The lowest BCUT2D eigenvalue weighted by atomic mass is 10.00. The topological polar surface area (TPSA) is 106 Å². The van der Waals surface area contributed by atoms with Crippen molar-refractivity contribution in [3.63, 3.8) is 0 Å². The second-order valence-electron chi connectivity index (χ2n) is 8.01. The Morgan fingerprint density at radius 1 is 0.886 bits per heavy atom. The Bertz CT molecular complexity index is 1210. The second kappa shape index (κ2) is 12.2. The fraction of sp³-hybridized carbons (Fsp3) is 0.185. The van der Waals surface area contributed by atoms with Gasteiger partial charge in [0.15, 0.2) is 5.82 Å². The van der Waals surface area contributed by atoms with Crippen LogP contribution in [0.1, 0.15) is 17.5 Å². The Balaban J connectivity index is 0.000000371. The van der Waals surface area contributed by atoms with E-state index in [0.29, 0.717) is 12.2 Å². The summed E-state index contributed by atoms with van der Waals surface area (Å²) < 4.78 is 0. The maximum Gasteiger partial charge on any atom is 0.328 e. The quantitative estimate of drug-likeness (QED) is 0.492. The number of rotatable bonds is 7. The van der Waals surface area contributed by atoms with Crippen LogP contribution in [0.5, 0.6) is 0 Å². The van der Waals surface area contributed by atoms with Crippen LogP contribution in [-0.4, -0.2) is 64.9 Å². The maximum atomic E-state index is 9.55. The van der Waals surface area contributed by atoms with Crippen molar-refractivity contribution in [1.82, 2.24) is 9.88 Å². The van der Waals surface area contributed by atoms with Crippen LogP contribution in [0.25, 0.3) is 0 Å². The molecule has 1 aromatic heterocycles. The molecular formula is C27H28N4O4. The maximum absolute atomic E-state index is 9.55. The van der Waals surface area contributed by atoms with E-state index >= 15 is 0 Å². The normalized spacial score (nSPS) is 12.2. The van der Waals surface area contributed by atoms with E-state index in [1.807, 2.05) is 18.3 Å². The first kappa shape index (κ1) is 25.3. The van der Waals surface area contributed by atoms with E-state index in [1.54, 1.807) is 0 Å². The van der Waals surface area contributed by atoms with Crippen molar-refractivity contribution in [2.24, 2.45) is 4.99 Å². The molecule has 8 heteroatoms. The number of fused-ring (bicyclic) bond motifs is 2. The van der Waals surface area contributed by atoms with Crippen LogP contribution < -0.4 is 4.90 Å². The highest BCUT2D eigenvalue weighted by molar-refractivity contribution is 6.18. The predicted octanol–water partition coefficient (Wildman–Crippen LogP) is 4.37. The molecule has 0 unspecified atom stereocenters. The lowest BCUT2D eigenvalue weighted by Crippen LogP contribution is -2.24. The molecular weight excluding hydrogens is 444 g/mol. The largest absolute Gasteiger partial charge is 0.478 e. The molecule has 0 fully saturated rings. The Kier molecular flexibility index (Phi) is 8.86. The standard InChI is InChI=1S/C23H24N4.C4H4O4/c1-26(2)16-9-17-27-20-13-7-6-12-19(20)22(18-10-4-3-5-11-18)25-23-21(27)14-8-15-24-23;5-3(6)1-2-4(7)8/h3-8,10-15H,9,16-17H2,1-2H3;1-2H,(H,5,6)(H,7,8)/b;2-1+. The summed E-state index contributed by atoms with van der Waals surface area (Å²) in [5.74, 6) is -1.74. The predicted molar refractivity (Wildman–Crippen MR) is 137 cm³/mol. The van der Waals surface area contributed by atoms with Gasteiger partial charge in [-0.1, -0.05) is 48.5 Å². The summed E-state index contributed by atoms with van der Waals surface area (Å²) in [7, 11) is 4.23. The van der Waals surface area contributed by atoms with E-state index in [9.17, 15) is 9.59 Å². The first-order valence-corrected chi connectivity index (χ1v) is 11.1. The van der Waals surface area contributed by atoms with Gasteiger partial charge in [-0.25, -0.2) is 19.6 Å². The molecule has 2 heterocycles. The summed E-state index contributed by atoms with van der Waals surface area (Å²) in [5.41, 5.74) is 5.48. The third kappa shape index (κ3) is 7.09. The molecule has 0 aliphatic carbocycles. The summed E-state index contributed by atoms with van der Waals surface area (Å²) in [4.78, 5) is 33.3. The summed E-state index contributed by atoms with van der Waals surface area (Å²) >= 11 is 0.